The Morgan fingerprint density at radius 3 is 2.43 bits per heavy atom. The number of likely N-dealkylation sites (tertiary alicyclic amines) is 1. The van der Waals surface area contributed by atoms with E-state index in [2.05, 4.69) is 4.90 Å². The quantitative estimate of drug-likeness (QED) is 0.403. The van der Waals surface area contributed by atoms with E-state index in [0.29, 0.717) is 35.0 Å². The van der Waals surface area contributed by atoms with E-state index < -0.39 is 0 Å². The minimum absolute atomic E-state index is 0.307. The van der Waals surface area contributed by atoms with E-state index in [-0.39, 0.29) is 11.2 Å². The van der Waals surface area contributed by atoms with Gasteiger partial charge in [0.25, 0.3) is 5.56 Å². The highest BCUT2D eigenvalue weighted by Gasteiger charge is 2.24. The number of methoxy groups -OCH3 is 2. The molecule has 0 atom stereocenters. The van der Waals surface area contributed by atoms with Gasteiger partial charge in [-0.25, -0.2) is 4.79 Å². The van der Waals surface area contributed by atoms with Crippen LogP contribution in [0.3, 0.4) is 0 Å². The monoisotopic (exact) mass is 480 g/mol. The number of imidazole rings is 2. The second-order valence-corrected chi connectivity index (χ2v) is 9.16. The molecule has 1 aromatic carbocycles. The van der Waals surface area contributed by atoms with Crippen LogP contribution < -0.4 is 20.7 Å². The van der Waals surface area contributed by atoms with E-state index in [1.807, 2.05) is 41.0 Å². The summed E-state index contributed by atoms with van der Waals surface area (Å²) in [4.78, 5) is 33.9. The molecule has 1 saturated heterocycles. The number of hydrogen-bond acceptors (Lipinski definition) is 6. The maximum absolute atomic E-state index is 13.6. The van der Waals surface area contributed by atoms with Crippen LogP contribution >= 0.6 is 0 Å². The maximum Gasteiger partial charge on any atom is 0.332 e. The van der Waals surface area contributed by atoms with E-state index >= 15 is 0 Å². The molecule has 0 radical (unpaired) electrons. The van der Waals surface area contributed by atoms with Crippen LogP contribution in [-0.4, -0.2) is 61.8 Å². The second kappa shape index (κ2) is 8.92. The van der Waals surface area contributed by atoms with Gasteiger partial charge in [0.1, 0.15) is 11.5 Å². The fraction of sp³-hybridized carbons (Fsp3) is 0.480. The normalized spacial score (nSPS) is 14.4. The van der Waals surface area contributed by atoms with Gasteiger partial charge in [-0.15, -0.1) is 0 Å². The molecule has 3 aromatic heterocycles. The van der Waals surface area contributed by atoms with Crippen LogP contribution in [0.1, 0.15) is 30.7 Å². The average molecular weight is 481 g/mol. The Kier molecular flexibility index (Phi) is 5.92. The molecule has 186 valence electrons. The molecule has 5 rings (SSSR count). The van der Waals surface area contributed by atoms with Crippen molar-refractivity contribution in [2.75, 3.05) is 33.9 Å². The number of aromatic nitrogens is 5. The summed E-state index contributed by atoms with van der Waals surface area (Å²) in [6.45, 7) is 7.40. The predicted octanol–water partition coefficient (Wildman–Crippen LogP) is 2.26. The van der Waals surface area contributed by atoms with Crippen molar-refractivity contribution in [2.24, 2.45) is 7.05 Å². The van der Waals surface area contributed by atoms with Gasteiger partial charge in [-0.1, -0.05) is 0 Å². The minimum atomic E-state index is -0.340. The van der Waals surface area contributed by atoms with Gasteiger partial charge >= 0.3 is 5.69 Å². The number of ether oxygens (including phenoxy) is 2. The molecular formula is C25H32N6O4. The van der Waals surface area contributed by atoms with E-state index in [4.69, 9.17) is 14.5 Å². The fourth-order valence-electron chi connectivity index (χ4n) is 5.16. The first-order chi connectivity index (χ1) is 16.9. The maximum atomic E-state index is 13.6. The van der Waals surface area contributed by atoms with Crippen molar-refractivity contribution in [3.8, 4) is 17.2 Å². The minimum Gasteiger partial charge on any atom is -0.497 e. The smallest absolute Gasteiger partial charge is 0.332 e. The Morgan fingerprint density at radius 2 is 1.74 bits per heavy atom. The summed E-state index contributed by atoms with van der Waals surface area (Å²) < 4.78 is 17.6. The molecule has 1 aliphatic heterocycles. The molecule has 0 amide bonds. The van der Waals surface area contributed by atoms with Gasteiger partial charge in [-0.2, -0.15) is 4.98 Å². The lowest BCUT2D eigenvalue weighted by Gasteiger charge is -2.15. The Morgan fingerprint density at radius 1 is 1.00 bits per heavy atom. The lowest BCUT2D eigenvalue weighted by molar-refractivity contribution is 0.323. The summed E-state index contributed by atoms with van der Waals surface area (Å²) in [5.74, 6) is 1.85. The zero-order chi connectivity index (χ0) is 24.9. The Bertz CT molecular complexity index is 1530. The standard InChI is InChI=1S/C25H32N6O4/c1-16-17(2)31-21-22(26-24(31)30(16)19-10-9-18(34-4)15-20(19)35-5)27(3)25(33)29(23(21)32)14-8-13-28-11-6-7-12-28/h9-10,15H,6-8,11-14H2,1-5H3. The van der Waals surface area contributed by atoms with Crippen LogP contribution in [0.2, 0.25) is 0 Å². The SMILES string of the molecule is COc1ccc(-n2c(C)c(C)n3c4c(=O)n(CCCN5CCCC5)c(=O)n(C)c4nc23)c(OC)c1. The van der Waals surface area contributed by atoms with E-state index in [9.17, 15) is 9.59 Å². The lowest BCUT2D eigenvalue weighted by atomic mass is 10.2. The van der Waals surface area contributed by atoms with Gasteiger partial charge in [-0.3, -0.25) is 22.9 Å². The molecule has 4 aromatic rings. The summed E-state index contributed by atoms with van der Waals surface area (Å²) in [5.41, 5.74) is 2.71. The third-order valence-electron chi connectivity index (χ3n) is 7.20. The first-order valence-electron chi connectivity index (χ1n) is 12.0. The molecule has 0 bridgehead atoms. The molecule has 0 unspecified atom stereocenters. The molecule has 0 aliphatic carbocycles. The summed E-state index contributed by atoms with van der Waals surface area (Å²) in [5, 5.41) is 0. The van der Waals surface area contributed by atoms with Gasteiger partial charge in [0, 0.05) is 31.0 Å². The molecule has 1 fully saturated rings. The van der Waals surface area contributed by atoms with Crippen LogP contribution in [0.4, 0.5) is 0 Å². The fourth-order valence-corrected chi connectivity index (χ4v) is 5.16. The highest BCUT2D eigenvalue weighted by molar-refractivity contribution is 5.77. The molecule has 35 heavy (non-hydrogen) atoms. The summed E-state index contributed by atoms with van der Waals surface area (Å²) in [6, 6.07) is 5.57. The van der Waals surface area contributed by atoms with Crippen LogP contribution in [-0.2, 0) is 13.6 Å². The Labute approximate surface area is 202 Å². The van der Waals surface area contributed by atoms with E-state index in [1.54, 1.807) is 21.3 Å². The Balaban J connectivity index is 1.68. The van der Waals surface area contributed by atoms with Gasteiger partial charge in [0.15, 0.2) is 11.2 Å². The highest BCUT2D eigenvalue weighted by atomic mass is 16.5. The topological polar surface area (TPSA) is 87.9 Å². The van der Waals surface area contributed by atoms with Gasteiger partial charge < -0.3 is 14.4 Å². The zero-order valence-corrected chi connectivity index (χ0v) is 21.0. The van der Waals surface area contributed by atoms with Crippen molar-refractivity contribution in [3.63, 3.8) is 0 Å². The van der Waals surface area contributed by atoms with E-state index in [0.717, 1.165) is 43.1 Å². The summed E-state index contributed by atoms with van der Waals surface area (Å²) >= 11 is 0. The molecule has 4 heterocycles. The van der Waals surface area contributed by atoms with Gasteiger partial charge in [-0.05, 0) is 64.9 Å². The number of rotatable bonds is 7. The molecule has 1 aliphatic rings. The van der Waals surface area contributed by atoms with Crippen molar-refractivity contribution >= 4 is 16.9 Å². The third-order valence-corrected chi connectivity index (χ3v) is 7.20. The number of fused-ring (bicyclic) bond motifs is 3. The van der Waals surface area contributed by atoms with Crippen LogP contribution in [0, 0.1) is 13.8 Å². The molecule has 0 saturated carbocycles. The van der Waals surface area contributed by atoms with Crippen molar-refractivity contribution < 1.29 is 9.47 Å². The molecule has 10 heteroatoms. The van der Waals surface area contributed by atoms with E-state index in [1.165, 1.54) is 22.0 Å². The van der Waals surface area contributed by atoms with Crippen LogP contribution in [0.5, 0.6) is 11.5 Å². The zero-order valence-electron chi connectivity index (χ0n) is 21.0. The Hall–Kier alpha value is -3.53. The number of nitrogens with zero attached hydrogens (tertiary/aromatic N) is 6. The molecular weight excluding hydrogens is 448 g/mol. The van der Waals surface area contributed by atoms with Crippen molar-refractivity contribution in [1.82, 2.24) is 28.0 Å². The molecule has 10 nitrogen and oxygen atoms in total. The lowest BCUT2D eigenvalue weighted by Crippen LogP contribution is -2.40. The van der Waals surface area contributed by atoms with Crippen molar-refractivity contribution in [1.29, 1.82) is 0 Å². The van der Waals surface area contributed by atoms with Gasteiger partial charge in [0.2, 0.25) is 5.78 Å². The van der Waals surface area contributed by atoms with Gasteiger partial charge in [0.05, 0.1) is 19.9 Å². The number of hydrogen-bond donors (Lipinski definition) is 0. The van der Waals surface area contributed by atoms with Crippen LogP contribution in [0.25, 0.3) is 22.6 Å². The predicted molar refractivity (Wildman–Crippen MR) is 134 cm³/mol. The largest absolute Gasteiger partial charge is 0.497 e. The first-order valence-corrected chi connectivity index (χ1v) is 12.0. The van der Waals surface area contributed by atoms with Crippen LogP contribution in [0.15, 0.2) is 27.8 Å². The number of benzene rings is 1. The highest BCUT2D eigenvalue weighted by Crippen LogP contribution is 2.32. The van der Waals surface area contributed by atoms with Crippen molar-refractivity contribution in [2.45, 2.75) is 39.7 Å². The summed E-state index contributed by atoms with van der Waals surface area (Å²) in [6.07, 6.45) is 3.19. The molecule has 0 spiro atoms. The molecule has 0 N–H and O–H groups in total. The first kappa shape index (κ1) is 23.2. The summed E-state index contributed by atoms with van der Waals surface area (Å²) in [7, 11) is 4.89. The van der Waals surface area contributed by atoms with Crippen molar-refractivity contribution in [3.05, 3.63) is 50.4 Å². The number of aryl methyl sites for hydroxylation is 2. The second-order valence-electron chi connectivity index (χ2n) is 9.16. The third kappa shape index (κ3) is 3.63. The average Bonchev–Trinajstić information content (AvgIpc) is 3.57.